The summed E-state index contributed by atoms with van der Waals surface area (Å²) in [5.74, 6) is -0.00471. The van der Waals surface area contributed by atoms with Gasteiger partial charge >= 0.3 is 5.69 Å². The number of rotatable bonds is 7. The molecule has 0 unspecified atom stereocenters. The molecule has 0 aliphatic rings. The van der Waals surface area contributed by atoms with Crippen molar-refractivity contribution in [3.63, 3.8) is 0 Å². The summed E-state index contributed by atoms with van der Waals surface area (Å²) < 4.78 is 1.64. The Morgan fingerprint density at radius 3 is 2.84 bits per heavy atom. The number of benzene rings is 2. The standard InChI is InChI=1S/C19H20ClN3O2/c20-15-7-3-5-14(13-15)6-4-10-18(24)21-11-12-23-17-9-2-1-8-16(17)22-19(23)25/h1-3,5,7-9,13H,4,6,10-12H2,(H,21,24)(H,22,25). The Balaban J connectivity index is 1.45. The van der Waals surface area contributed by atoms with E-state index in [1.807, 2.05) is 48.5 Å². The van der Waals surface area contributed by atoms with Crippen molar-refractivity contribution in [2.45, 2.75) is 25.8 Å². The van der Waals surface area contributed by atoms with Crippen molar-refractivity contribution in [3.8, 4) is 0 Å². The van der Waals surface area contributed by atoms with Crippen LogP contribution in [0.1, 0.15) is 18.4 Å². The van der Waals surface area contributed by atoms with Crippen molar-refractivity contribution in [1.29, 1.82) is 0 Å². The molecule has 0 atom stereocenters. The molecular formula is C19H20ClN3O2. The highest BCUT2D eigenvalue weighted by molar-refractivity contribution is 6.30. The number of fused-ring (bicyclic) bond motifs is 1. The van der Waals surface area contributed by atoms with Crippen molar-refractivity contribution < 1.29 is 4.79 Å². The molecule has 3 rings (SSSR count). The van der Waals surface area contributed by atoms with Crippen LogP contribution in [0.25, 0.3) is 11.0 Å². The summed E-state index contributed by atoms with van der Waals surface area (Å²) in [7, 11) is 0. The zero-order chi connectivity index (χ0) is 17.6. The first-order chi connectivity index (χ1) is 12.1. The fourth-order valence-corrected chi connectivity index (χ4v) is 3.08. The maximum atomic E-state index is 12.0. The van der Waals surface area contributed by atoms with E-state index in [1.165, 1.54) is 0 Å². The quantitative estimate of drug-likeness (QED) is 0.682. The van der Waals surface area contributed by atoms with Crippen LogP contribution in [0.2, 0.25) is 5.02 Å². The van der Waals surface area contributed by atoms with E-state index in [1.54, 1.807) is 4.57 Å². The number of hydrogen-bond acceptors (Lipinski definition) is 2. The lowest BCUT2D eigenvalue weighted by Gasteiger charge is -2.07. The van der Waals surface area contributed by atoms with E-state index in [4.69, 9.17) is 11.6 Å². The number of nitrogens with zero attached hydrogens (tertiary/aromatic N) is 1. The molecule has 6 heteroatoms. The van der Waals surface area contributed by atoms with Gasteiger partial charge in [0.05, 0.1) is 11.0 Å². The van der Waals surface area contributed by atoms with Gasteiger partial charge in [0.15, 0.2) is 0 Å². The first-order valence-electron chi connectivity index (χ1n) is 8.32. The molecule has 0 bridgehead atoms. The Morgan fingerprint density at radius 1 is 1.16 bits per heavy atom. The highest BCUT2D eigenvalue weighted by Crippen LogP contribution is 2.13. The molecule has 130 valence electrons. The molecule has 2 aromatic carbocycles. The molecule has 1 aromatic heterocycles. The van der Waals surface area contributed by atoms with Gasteiger partial charge in [-0.05, 0) is 42.7 Å². The Morgan fingerprint density at radius 2 is 2.00 bits per heavy atom. The molecule has 0 saturated heterocycles. The first-order valence-corrected chi connectivity index (χ1v) is 8.70. The first kappa shape index (κ1) is 17.3. The molecule has 25 heavy (non-hydrogen) atoms. The molecule has 3 aromatic rings. The summed E-state index contributed by atoms with van der Waals surface area (Å²) in [6, 6.07) is 15.2. The minimum absolute atomic E-state index is 0.00471. The summed E-state index contributed by atoms with van der Waals surface area (Å²) in [5, 5.41) is 3.59. The second-order valence-corrected chi connectivity index (χ2v) is 6.37. The lowest BCUT2D eigenvalue weighted by molar-refractivity contribution is -0.121. The van der Waals surface area contributed by atoms with Gasteiger partial charge in [-0.3, -0.25) is 9.36 Å². The van der Waals surface area contributed by atoms with Gasteiger partial charge in [-0.1, -0.05) is 35.9 Å². The van der Waals surface area contributed by atoms with Crippen LogP contribution < -0.4 is 11.0 Å². The van der Waals surface area contributed by atoms with E-state index in [0.29, 0.717) is 24.5 Å². The summed E-state index contributed by atoms with van der Waals surface area (Å²) in [6.45, 7) is 0.876. The maximum absolute atomic E-state index is 12.0. The number of aromatic amines is 1. The highest BCUT2D eigenvalue weighted by Gasteiger charge is 2.06. The van der Waals surface area contributed by atoms with Crippen LogP contribution in [0.4, 0.5) is 0 Å². The molecule has 5 nitrogen and oxygen atoms in total. The minimum atomic E-state index is -0.156. The number of carbonyl (C=O) groups excluding carboxylic acids is 1. The highest BCUT2D eigenvalue weighted by atomic mass is 35.5. The van der Waals surface area contributed by atoms with Crippen molar-refractivity contribution in [3.05, 3.63) is 69.6 Å². The summed E-state index contributed by atoms with van der Waals surface area (Å²) in [4.78, 5) is 26.7. The number of imidazole rings is 1. The van der Waals surface area contributed by atoms with E-state index in [-0.39, 0.29) is 11.6 Å². The van der Waals surface area contributed by atoms with E-state index in [9.17, 15) is 9.59 Å². The Hall–Kier alpha value is -2.53. The number of halogens is 1. The van der Waals surface area contributed by atoms with Crippen LogP contribution in [0.15, 0.2) is 53.3 Å². The molecule has 1 heterocycles. The number of carbonyl (C=O) groups is 1. The fraction of sp³-hybridized carbons (Fsp3) is 0.263. The molecule has 2 N–H and O–H groups in total. The van der Waals surface area contributed by atoms with Crippen molar-refractivity contribution >= 4 is 28.5 Å². The zero-order valence-corrected chi connectivity index (χ0v) is 14.6. The molecular weight excluding hydrogens is 338 g/mol. The van der Waals surface area contributed by atoms with Gasteiger partial charge in [-0.2, -0.15) is 0 Å². The second kappa shape index (κ2) is 8.03. The third-order valence-corrected chi connectivity index (χ3v) is 4.33. The van der Waals surface area contributed by atoms with E-state index < -0.39 is 0 Å². The minimum Gasteiger partial charge on any atom is -0.354 e. The summed E-state index contributed by atoms with van der Waals surface area (Å²) >= 11 is 5.95. The van der Waals surface area contributed by atoms with Crippen LogP contribution >= 0.6 is 11.6 Å². The summed E-state index contributed by atoms with van der Waals surface area (Å²) in [6.07, 6.45) is 2.03. The Kier molecular flexibility index (Phi) is 5.56. The van der Waals surface area contributed by atoms with Crippen LogP contribution in [-0.4, -0.2) is 22.0 Å². The van der Waals surface area contributed by atoms with E-state index >= 15 is 0 Å². The fourth-order valence-electron chi connectivity index (χ4n) is 2.87. The van der Waals surface area contributed by atoms with E-state index in [0.717, 1.165) is 29.4 Å². The lowest BCUT2D eigenvalue weighted by atomic mass is 10.1. The molecule has 0 aliphatic heterocycles. The number of para-hydroxylation sites is 2. The lowest BCUT2D eigenvalue weighted by Crippen LogP contribution is -2.29. The number of aromatic nitrogens is 2. The van der Waals surface area contributed by atoms with Gasteiger partial charge < -0.3 is 10.3 Å². The van der Waals surface area contributed by atoms with Crippen molar-refractivity contribution in [2.24, 2.45) is 0 Å². The predicted molar refractivity (Wildman–Crippen MR) is 100.0 cm³/mol. The molecule has 0 radical (unpaired) electrons. The average molecular weight is 358 g/mol. The SMILES string of the molecule is O=C(CCCc1cccc(Cl)c1)NCCn1c(=O)[nH]c2ccccc21. The van der Waals surface area contributed by atoms with Gasteiger partial charge in [0.1, 0.15) is 0 Å². The molecule has 0 spiro atoms. The van der Waals surface area contributed by atoms with Gasteiger partial charge in [0.2, 0.25) is 5.91 Å². The number of H-pyrrole nitrogens is 1. The van der Waals surface area contributed by atoms with E-state index in [2.05, 4.69) is 10.3 Å². The maximum Gasteiger partial charge on any atom is 0.326 e. The normalized spacial score (nSPS) is 10.9. The molecule has 1 amide bonds. The topological polar surface area (TPSA) is 66.9 Å². The number of hydrogen-bond donors (Lipinski definition) is 2. The van der Waals surface area contributed by atoms with Crippen LogP contribution in [0.5, 0.6) is 0 Å². The number of nitrogens with one attached hydrogen (secondary N) is 2. The monoisotopic (exact) mass is 357 g/mol. The van der Waals surface area contributed by atoms with Gasteiger partial charge in [-0.15, -0.1) is 0 Å². The molecule has 0 saturated carbocycles. The van der Waals surface area contributed by atoms with Crippen LogP contribution in [-0.2, 0) is 17.8 Å². The van der Waals surface area contributed by atoms with Gasteiger partial charge in [-0.25, -0.2) is 4.79 Å². The summed E-state index contributed by atoms with van der Waals surface area (Å²) in [5.41, 5.74) is 2.63. The van der Waals surface area contributed by atoms with Crippen molar-refractivity contribution in [2.75, 3.05) is 6.54 Å². The average Bonchev–Trinajstić information content (AvgIpc) is 2.91. The molecule has 0 fully saturated rings. The Labute approximate surface area is 150 Å². The smallest absolute Gasteiger partial charge is 0.326 e. The van der Waals surface area contributed by atoms with Crippen LogP contribution in [0, 0.1) is 0 Å². The largest absolute Gasteiger partial charge is 0.354 e. The number of amides is 1. The third-order valence-electron chi connectivity index (χ3n) is 4.10. The zero-order valence-electron chi connectivity index (χ0n) is 13.8. The molecule has 0 aliphatic carbocycles. The second-order valence-electron chi connectivity index (χ2n) is 5.93. The third kappa shape index (κ3) is 4.51. The van der Waals surface area contributed by atoms with Gasteiger partial charge in [0.25, 0.3) is 0 Å². The Bertz CT molecular complexity index is 930. The predicted octanol–water partition coefficient (Wildman–Crippen LogP) is 3.12. The van der Waals surface area contributed by atoms with Crippen LogP contribution in [0.3, 0.4) is 0 Å². The number of aryl methyl sites for hydroxylation is 1. The van der Waals surface area contributed by atoms with Gasteiger partial charge in [0, 0.05) is 24.5 Å². The van der Waals surface area contributed by atoms with Crippen molar-refractivity contribution in [1.82, 2.24) is 14.9 Å².